The molecular formula is C16H24N2O2. The summed E-state index contributed by atoms with van der Waals surface area (Å²) < 4.78 is 5.46. The fourth-order valence-electron chi connectivity index (χ4n) is 2.81. The summed E-state index contributed by atoms with van der Waals surface area (Å²) in [6.45, 7) is 6.81. The van der Waals surface area contributed by atoms with Crippen LogP contribution >= 0.6 is 0 Å². The SMILES string of the molecule is CCNCC1CN(C)C(=O)c2c(OC)cc(CC)cc21. The van der Waals surface area contributed by atoms with Crippen LogP contribution in [0.4, 0.5) is 0 Å². The molecule has 0 saturated carbocycles. The fraction of sp³-hybridized carbons (Fsp3) is 0.562. The molecule has 0 aromatic heterocycles. The van der Waals surface area contributed by atoms with E-state index < -0.39 is 0 Å². The van der Waals surface area contributed by atoms with E-state index in [9.17, 15) is 4.79 Å². The van der Waals surface area contributed by atoms with E-state index in [-0.39, 0.29) is 5.91 Å². The second-order valence-corrected chi connectivity index (χ2v) is 5.31. The molecule has 1 aliphatic heterocycles. The maximum Gasteiger partial charge on any atom is 0.257 e. The van der Waals surface area contributed by atoms with Crippen LogP contribution < -0.4 is 10.1 Å². The summed E-state index contributed by atoms with van der Waals surface area (Å²) in [5.41, 5.74) is 3.09. The number of hydrogen-bond acceptors (Lipinski definition) is 3. The molecular weight excluding hydrogens is 252 g/mol. The summed E-state index contributed by atoms with van der Waals surface area (Å²) in [6, 6.07) is 4.16. The molecule has 0 saturated heterocycles. The molecule has 1 atom stereocenters. The second-order valence-electron chi connectivity index (χ2n) is 5.31. The molecule has 4 nitrogen and oxygen atoms in total. The van der Waals surface area contributed by atoms with Crippen LogP contribution in [0.1, 0.15) is 41.3 Å². The average Bonchev–Trinajstić information content (AvgIpc) is 2.48. The van der Waals surface area contributed by atoms with Crippen molar-refractivity contribution in [2.24, 2.45) is 0 Å². The molecule has 0 spiro atoms. The third kappa shape index (κ3) is 2.66. The summed E-state index contributed by atoms with van der Waals surface area (Å²) in [5, 5.41) is 3.39. The lowest BCUT2D eigenvalue weighted by atomic mass is 9.87. The number of benzene rings is 1. The van der Waals surface area contributed by atoms with Crippen LogP contribution in [-0.2, 0) is 6.42 Å². The Hall–Kier alpha value is -1.55. The highest BCUT2D eigenvalue weighted by Gasteiger charge is 2.32. The van der Waals surface area contributed by atoms with Gasteiger partial charge in [0.25, 0.3) is 5.91 Å². The van der Waals surface area contributed by atoms with Gasteiger partial charge in [-0.1, -0.05) is 19.9 Å². The van der Waals surface area contributed by atoms with Gasteiger partial charge in [0.2, 0.25) is 0 Å². The lowest BCUT2D eigenvalue weighted by Gasteiger charge is -2.33. The molecule has 1 unspecified atom stereocenters. The lowest BCUT2D eigenvalue weighted by molar-refractivity contribution is 0.0760. The third-order valence-corrected chi connectivity index (χ3v) is 3.96. The number of ether oxygens (including phenoxy) is 1. The van der Waals surface area contributed by atoms with Crippen molar-refractivity contribution in [3.05, 3.63) is 28.8 Å². The number of fused-ring (bicyclic) bond motifs is 1. The van der Waals surface area contributed by atoms with Gasteiger partial charge in [0, 0.05) is 26.1 Å². The molecule has 0 bridgehead atoms. The number of amides is 1. The number of nitrogens with one attached hydrogen (secondary N) is 1. The van der Waals surface area contributed by atoms with E-state index >= 15 is 0 Å². The number of carbonyl (C=O) groups is 1. The van der Waals surface area contributed by atoms with Crippen LogP contribution in [0.25, 0.3) is 0 Å². The highest BCUT2D eigenvalue weighted by molar-refractivity contribution is 5.99. The molecule has 4 heteroatoms. The van der Waals surface area contributed by atoms with Crippen LogP contribution in [0.2, 0.25) is 0 Å². The Morgan fingerprint density at radius 3 is 2.75 bits per heavy atom. The van der Waals surface area contributed by atoms with Crippen molar-refractivity contribution in [1.82, 2.24) is 10.2 Å². The first kappa shape index (κ1) is 14.9. The largest absolute Gasteiger partial charge is 0.496 e. The minimum absolute atomic E-state index is 0.0623. The number of carbonyl (C=O) groups excluding carboxylic acids is 1. The van der Waals surface area contributed by atoms with Gasteiger partial charge in [0.15, 0.2) is 0 Å². The van der Waals surface area contributed by atoms with Crippen molar-refractivity contribution in [3.8, 4) is 5.75 Å². The molecule has 1 aromatic rings. The minimum atomic E-state index is 0.0623. The summed E-state index contributed by atoms with van der Waals surface area (Å²) in [6.07, 6.45) is 0.946. The molecule has 1 amide bonds. The van der Waals surface area contributed by atoms with Gasteiger partial charge in [0.05, 0.1) is 12.7 Å². The van der Waals surface area contributed by atoms with Gasteiger partial charge in [0.1, 0.15) is 5.75 Å². The van der Waals surface area contributed by atoms with Crippen molar-refractivity contribution in [2.45, 2.75) is 26.2 Å². The Balaban J connectivity index is 2.50. The normalized spacial score (nSPS) is 18.1. The van der Waals surface area contributed by atoms with Crippen molar-refractivity contribution in [3.63, 3.8) is 0 Å². The monoisotopic (exact) mass is 276 g/mol. The predicted molar refractivity (Wildman–Crippen MR) is 80.6 cm³/mol. The molecule has 1 aromatic carbocycles. The van der Waals surface area contributed by atoms with Gasteiger partial charge in [-0.25, -0.2) is 0 Å². The Morgan fingerprint density at radius 2 is 2.15 bits per heavy atom. The first-order chi connectivity index (χ1) is 9.62. The highest BCUT2D eigenvalue weighted by atomic mass is 16.5. The summed E-state index contributed by atoms with van der Waals surface area (Å²) in [5.74, 6) is 1.10. The Bertz CT molecular complexity index is 499. The first-order valence-electron chi connectivity index (χ1n) is 7.29. The van der Waals surface area contributed by atoms with E-state index in [4.69, 9.17) is 4.74 Å². The number of nitrogens with zero attached hydrogens (tertiary/aromatic N) is 1. The summed E-state index contributed by atoms with van der Waals surface area (Å²) in [4.78, 5) is 14.2. The smallest absolute Gasteiger partial charge is 0.257 e. The van der Waals surface area contributed by atoms with E-state index in [1.54, 1.807) is 12.0 Å². The van der Waals surface area contributed by atoms with Gasteiger partial charge >= 0.3 is 0 Å². The van der Waals surface area contributed by atoms with Gasteiger partial charge in [-0.05, 0) is 30.2 Å². The van der Waals surface area contributed by atoms with Crippen LogP contribution in [0.3, 0.4) is 0 Å². The quantitative estimate of drug-likeness (QED) is 0.895. The molecule has 2 rings (SSSR count). The average molecular weight is 276 g/mol. The Kier molecular flexibility index (Phi) is 4.65. The van der Waals surface area contributed by atoms with Crippen LogP contribution in [-0.4, -0.2) is 44.6 Å². The van der Waals surface area contributed by atoms with E-state index in [1.165, 1.54) is 5.56 Å². The first-order valence-corrected chi connectivity index (χ1v) is 7.29. The molecule has 20 heavy (non-hydrogen) atoms. The molecule has 0 radical (unpaired) electrons. The number of hydrogen-bond donors (Lipinski definition) is 1. The van der Waals surface area contributed by atoms with Crippen molar-refractivity contribution < 1.29 is 9.53 Å². The minimum Gasteiger partial charge on any atom is -0.496 e. The summed E-state index contributed by atoms with van der Waals surface area (Å²) in [7, 11) is 3.49. The van der Waals surface area contributed by atoms with E-state index in [1.807, 2.05) is 13.1 Å². The van der Waals surface area contributed by atoms with Gasteiger partial charge in [-0.2, -0.15) is 0 Å². The fourth-order valence-corrected chi connectivity index (χ4v) is 2.81. The van der Waals surface area contributed by atoms with E-state index in [2.05, 4.69) is 25.2 Å². The highest BCUT2D eigenvalue weighted by Crippen LogP contribution is 2.35. The predicted octanol–water partition coefficient (Wildman–Crippen LogP) is 2.04. The van der Waals surface area contributed by atoms with Crippen LogP contribution in [0.15, 0.2) is 12.1 Å². The maximum atomic E-state index is 12.4. The third-order valence-electron chi connectivity index (χ3n) is 3.96. The second kappa shape index (κ2) is 6.27. The zero-order chi connectivity index (χ0) is 14.7. The van der Waals surface area contributed by atoms with Gasteiger partial charge in [-0.15, -0.1) is 0 Å². The maximum absolute atomic E-state index is 12.4. The van der Waals surface area contributed by atoms with Gasteiger partial charge in [-0.3, -0.25) is 4.79 Å². The van der Waals surface area contributed by atoms with Crippen LogP contribution in [0.5, 0.6) is 5.75 Å². The molecule has 1 N–H and O–H groups in total. The number of aryl methyl sites for hydroxylation is 1. The molecule has 110 valence electrons. The number of rotatable bonds is 5. The Morgan fingerprint density at radius 1 is 1.40 bits per heavy atom. The van der Waals surface area contributed by atoms with Crippen molar-refractivity contribution in [1.29, 1.82) is 0 Å². The molecule has 0 aliphatic carbocycles. The zero-order valence-corrected chi connectivity index (χ0v) is 12.8. The molecule has 1 aliphatic rings. The van der Waals surface area contributed by atoms with Crippen molar-refractivity contribution >= 4 is 5.91 Å². The lowest BCUT2D eigenvalue weighted by Crippen LogP contribution is -2.40. The topological polar surface area (TPSA) is 41.6 Å². The molecule has 1 heterocycles. The summed E-state index contributed by atoms with van der Waals surface area (Å²) >= 11 is 0. The van der Waals surface area contributed by atoms with Crippen molar-refractivity contribution in [2.75, 3.05) is 33.8 Å². The zero-order valence-electron chi connectivity index (χ0n) is 12.8. The van der Waals surface area contributed by atoms with Gasteiger partial charge < -0.3 is 15.0 Å². The number of methoxy groups -OCH3 is 1. The van der Waals surface area contributed by atoms with E-state index in [0.29, 0.717) is 11.7 Å². The van der Waals surface area contributed by atoms with E-state index in [0.717, 1.165) is 37.2 Å². The number of likely N-dealkylation sites (N-methyl/N-ethyl adjacent to an activating group) is 2. The van der Waals surface area contributed by atoms with Crippen LogP contribution in [0, 0.1) is 0 Å². The molecule has 0 fully saturated rings. The Labute approximate surface area is 121 Å². The standard InChI is InChI=1S/C16H24N2O2/c1-5-11-7-13-12(9-17-6-2)10-18(3)16(19)15(13)14(8-11)20-4/h7-8,12,17H,5-6,9-10H2,1-4H3.